The molecule has 0 saturated carbocycles. The van der Waals surface area contributed by atoms with E-state index in [-0.39, 0.29) is 5.91 Å². The Morgan fingerprint density at radius 3 is 2.68 bits per heavy atom. The van der Waals surface area contributed by atoms with Crippen LogP contribution in [0.25, 0.3) is 0 Å². The molecule has 2 rings (SSSR count). The molecule has 0 radical (unpaired) electrons. The molecule has 1 N–H and O–H groups in total. The van der Waals surface area contributed by atoms with Crippen molar-refractivity contribution >= 4 is 5.91 Å². The number of β-amino-alcohol motifs (C(OH)–C–C–N with tert-alkyl or cyclic N) is 1. The summed E-state index contributed by atoms with van der Waals surface area (Å²) in [6.45, 7) is 3.34. The van der Waals surface area contributed by atoms with Crippen LogP contribution in [0.5, 0.6) is 5.75 Å². The number of amides is 1. The van der Waals surface area contributed by atoms with Crippen molar-refractivity contribution in [3.63, 3.8) is 0 Å². The van der Waals surface area contributed by atoms with Gasteiger partial charge in [0.25, 0.3) is 0 Å². The summed E-state index contributed by atoms with van der Waals surface area (Å²) in [5.41, 5.74) is -0.648. The predicted octanol–water partition coefficient (Wildman–Crippen LogP) is 1.83. The van der Waals surface area contributed by atoms with Crippen LogP contribution in [0.2, 0.25) is 0 Å². The molecule has 1 amide bonds. The first-order valence-corrected chi connectivity index (χ1v) is 6.81. The molecule has 0 aliphatic carbocycles. The fourth-order valence-corrected chi connectivity index (χ4v) is 2.40. The van der Waals surface area contributed by atoms with Crippen molar-refractivity contribution in [3.05, 3.63) is 30.3 Å². The van der Waals surface area contributed by atoms with E-state index >= 15 is 0 Å². The molecule has 0 atom stereocenters. The quantitative estimate of drug-likeness (QED) is 0.852. The van der Waals surface area contributed by atoms with Gasteiger partial charge in [-0.1, -0.05) is 31.5 Å². The van der Waals surface area contributed by atoms with Gasteiger partial charge in [0.1, 0.15) is 5.75 Å². The highest BCUT2D eigenvalue weighted by atomic mass is 16.5. The molecule has 4 nitrogen and oxygen atoms in total. The van der Waals surface area contributed by atoms with Gasteiger partial charge >= 0.3 is 0 Å². The monoisotopic (exact) mass is 263 g/mol. The third-order valence-electron chi connectivity index (χ3n) is 3.37. The van der Waals surface area contributed by atoms with Gasteiger partial charge in [0, 0.05) is 0 Å². The molecule has 4 heteroatoms. The average molecular weight is 263 g/mol. The van der Waals surface area contributed by atoms with E-state index in [2.05, 4.69) is 0 Å². The van der Waals surface area contributed by atoms with E-state index in [1.54, 1.807) is 4.90 Å². The van der Waals surface area contributed by atoms with E-state index in [0.29, 0.717) is 26.1 Å². The van der Waals surface area contributed by atoms with Crippen molar-refractivity contribution in [1.29, 1.82) is 0 Å². The van der Waals surface area contributed by atoms with E-state index in [1.807, 2.05) is 37.3 Å². The lowest BCUT2D eigenvalue weighted by atomic mass is 9.89. The highest BCUT2D eigenvalue weighted by Gasteiger charge is 2.42. The lowest BCUT2D eigenvalue weighted by Crippen LogP contribution is -2.63. The Morgan fingerprint density at radius 2 is 2.05 bits per heavy atom. The van der Waals surface area contributed by atoms with E-state index in [0.717, 1.165) is 18.6 Å². The minimum atomic E-state index is -0.648. The van der Waals surface area contributed by atoms with Crippen LogP contribution in [0, 0.1) is 0 Å². The lowest BCUT2D eigenvalue weighted by Gasteiger charge is -2.46. The van der Waals surface area contributed by atoms with Crippen LogP contribution >= 0.6 is 0 Å². The van der Waals surface area contributed by atoms with Crippen molar-refractivity contribution < 1.29 is 14.6 Å². The van der Waals surface area contributed by atoms with E-state index in [4.69, 9.17) is 4.74 Å². The number of carbonyl (C=O) groups excluding carboxylic acids is 1. The largest absolute Gasteiger partial charge is 0.493 e. The fraction of sp³-hybridized carbons (Fsp3) is 0.533. The van der Waals surface area contributed by atoms with Crippen molar-refractivity contribution in [2.45, 2.75) is 31.8 Å². The highest BCUT2D eigenvalue weighted by Crippen LogP contribution is 2.26. The number of likely N-dealkylation sites (tertiary alicyclic amines) is 1. The van der Waals surface area contributed by atoms with Crippen molar-refractivity contribution in [2.24, 2.45) is 0 Å². The summed E-state index contributed by atoms with van der Waals surface area (Å²) in [6.07, 6.45) is 2.06. The third-order valence-corrected chi connectivity index (χ3v) is 3.37. The molecule has 0 bridgehead atoms. The molecule has 1 saturated heterocycles. The molecule has 1 aromatic rings. The van der Waals surface area contributed by atoms with Gasteiger partial charge in [0.15, 0.2) is 0 Å². The zero-order valence-electron chi connectivity index (χ0n) is 11.3. The second-order valence-corrected chi connectivity index (χ2v) is 5.14. The summed E-state index contributed by atoms with van der Waals surface area (Å²) >= 11 is 0. The van der Waals surface area contributed by atoms with Crippen LogP contribution in [-0.2, 0) is 4.79 Å². The second-order valence-electron chi connectivity index (χ2n) is 5.14. The molecule has 0 aromatic heterocycles. The molecule has 104 valence electrons. The Morgan fingerprint density at radius 1 is 1.37 bits per heavy atom. The number of hydrogen-bond acceptors (Lipinski definition) is 3. The van der Waals surface area contributed by atoms with Gasteiger partial charge in [-0.25, -0.2) is 0 Å². The van der Waals surface area contributed by atoms with E-state index < -0.39 is 5.60 Å². The van der Waals surface area contributed by atoms with E-state index in [1.165, 1.54) is 0 Å². The molecule has 1 heterocycles. The third kappa shape index (κ3) is 3.70. The minimum absolute atomic E-state index is 0.0525. The molecule has 1 aromatic carbocycles. The van der Waals surface area contributed by atoms with Crippen molar-refractivity contribution in [3.8, 4) is 5.75 Å². The minimum Gasteiger partial charge on any atom is -0.493 e. The summed E-state index contributed by atoms with van der Waals surface area (Å²) in [5.74, 6) is 0.832. The number of benzene rings is 1. The number of rotatable bonds is 6. The predicted molar refractivity (Wildman–Crippen MR) is 73.0 cm³/mol. The smallest absolute Gasteiger partial charge is 0.226 e. The topological polar surface area (TPSA) is 49.8 Å². The van der Waals surface area contributed by atoms with Crippen LogP contribution in [0.4, 0.5) is 0 Å². The van der Waals surface area contributed by atoms with Gasteiger partial charge in [0.05, 0.1) is 31.7 Å². The van der Waals surface area contributed by atoms with Crippen molar-refractivity contribution in [2.75, 3.05) is 19.7 Å². The normalized spacial score (nSPS) is 16.8. The SMILES string of the molecule is CCCC1(O)CN(C(=O)CCOc2ccccc2)C1. The summed E-state index contributed by atoms with van der Waals surface area (Å²) < 4.78 is 5.48. The first-order chi connectivity index (χ1) is 9.13. The van der Waals surface area contributed by atoms with Gasteiger partial charge in [0.2, 0.25) is 5.91 Å². The molecule has 0 spiro atoms. The van der Waals surface area contributed by atoms with Gasteiger partial charge in [-0.2, -0.15) is 0 Å². The number of aliphatic hydroxyl groups is 1. The standard InChI is InChI=1S/C15H21NO3/c1-2-9-15(18)11-16(12-15)14(17)8-10-19-13-6-4-3-5-7-13/h3-7,18H,2,8-12H2,1H3. The first kappa shape index (κ1) is 13.9. The Balaban J connectivity index is 1.66. The summed E-state index contributed by atoms with van der Waals surface area (Å²) in [6, 6.07) is 9.46. The summed E-state index contributed by atoms with van der Waals surface area (Å²) in [4.78, 5) is 13.5. The Bertz CT molecular complexity index is 413. The molecule has 1 aliphatic heterocycles. The van der Waals surface area contributed by atoms with Gasteiger partial charge < -0.3 is 14.7 Å². The van der Waals surface area contributed by atoms with Gasteiger partial charge in [-0.3, -0.25) is 4.79 Å². The lowest BCUT2D eigenvalue weighted by molar-refractivity contribution is -0.157. The van der Waals surface area contributed by atoms with Crippen LogP contribution in [0.3, 0.4) is 0 Å². The number of para-hydroxylation sites is 1. The zero-order chi connectivity index (χ0) is 13.7. The van der Waals surface area contributed by atoms with E-state index in [9.17, 15) is 9.90 Å². The van der Waals surface area contributed by atoms with Crippen LogP contribution < -0.4 is 4.74 Å². The molecule has 19 heavy (non-hydrogen) atoms. The molecule has 1 aliphatic rings. The van der Waals surface area contributed by atoms with Crippen LogP contribution in [0.1, 0.15) is 26.2 Å². The Labute approximate surface area is 114 Å². The number of nitrogens with zero attached hydrogens (tertiary/aromatic N) is 1. The fourth-order valence-electron chi connectivity index (χ4n) is 2.40. The van der Waals surface area contributed by atoms with Crippen LogP contribution in [-0.4, -0.2) is 41.2 Å². The summed E-state index contributed by atoms with van der Waals surface area (Å²) in [5, 5.41) is 10.0. The average Bonchev–Trinajstić information content (AvgIpc) is 2.37. The second kappa shape index (κ2) is 6.06. The summed E-state index contributed by atoms with van der Waals surface area (Å²) in [7, 11) is 0. The number of hydrogen-bond donors (Lipinski definition) is 1. The molecular formula is C15H21NO3. The zero-order valence-corrected chi connectivity index (χ0v) is 11.3. The van der Waals surface area contributed by atoms with Crippen molar-refractivity contribution in [1.82, 2.24) is 4.90 Å². The highest BCUT2D eigenvalue weighted by molar-refractivity contribution is 5.77. The molecule has 0 unspecified atom stereocenters. The maximum absolute atomic E-state index is 11.8. The van der Waals surface area contributed by atoms with Gasteiger partial charge in [-0.15, -0.1) is 0 Å². The number of carbonyl (C=O) groups is 1. The molecular weight excluding hydrogens is 242 g/mol. The molecule has 1 fully saturated rings. The van der Waals surface area contributed by atoms with Crippen LogP contribution in [0.15, 0.2) is 30.3 Å². The maximum Gasteiger partial charge on any atom is 0.226 e. The van der Waals surface area contributed by atoms with Gasteiger partial charge in [-0.05, 0) is 18.6 Å². The Kier molecular flexibility index (Phi) is 4.43. The maximum atomic E-state index is 11.8. The number of ether oxygens (including phenoxy) is 1. The first-order valence-electron chi connectivity index (χ1n) is 6.81. The Hall–Kier alpha value is -1.55.